The molecule has 0 amide bonds. The van der Waals surface area contributed by atoms with E-state index in [0.717, 1.165) is 5.69 Å². The van der Waals surface area contributed by atoms with Crippen LogP contribution in [0.15, 0.2) is 0 Å². The third kappa shape index (κ3) is 1.26. The molecule has 0 radical (unpaired) electrons. The molecule has 1 aromatic rings. The Morgan fingerprint density at radius 1 is 1.31 bits per heavy atom. The molecule has 1 heterocycles. The number of halogens is 1. The summed E-state index contributed by atoms with van der Waals surface area (Å²) in [5.41, 5.74) is 2.34. The quantitative estimate of drug-likeness (QED) is 0.696. The van der Waals surface area contributed by atoms with Crippen molar-refractivity contribution in [2.24, 2.45) is 0 Å². The van der Waals surface area contributed by atoms with E-state index in [1.165, 1.54) is 31.4 Å². The zero-order valence-electron chi connectivity index (χ0n) is 7.41. The third-order valence-corrected chi connectivity index (χ3v) is 3.04. The van der Waals surface area contributed by atoms with Crippen LogP contribution in [0, 0.1) is 0 Å². The van der Waals surface area contributed by atoms with Crippen LogP contribution < -0.4 is 0 Å². The van der Waals surface area contributed by atoms with Gasteiger partial charge in [-0.2, -0.15) is 0 Å². The summed E-state index contributed by atoms with van der Waals surface area (Å²) in [5, 5.41) is 8.33. The Balaban J connectivity index is 2.01. The topological polar surface area (TPSA) is 30.7 Å². The maximum Gasteiger partial charge on any atom is 0.101 e. The lowest BCUT2D eigenvalue weighted by Crippen LogP contribution is -2.02. The Morgan fingerprint density at radius 2 is 2.08 bits per heavy atom. The van der Waals surface area contributed by atoms with Gasteiger partial charge in [0.2, 0.25) is 0 Å². The van der Waals surface area contributed by atoms with E-state index in [1.807, 2.05) is 0 Å². The lowest BCUT2D eigenvalue weighted by molar-refractivity contribution is 0.583. The summed E-state index contributed by atoms with van der Waals surface area (Å²) < 4.78 is 2.12. The van der Waals surface area contributed by atoms with Gasteiger partial charge in [0.05, 0.1) is 17.6 Å². The summed E-state index contributed by atoms with van der Waals surface area (Å²) in [7, 11) is 0. The van der Waals surface area contributed by atoms with E-state index in [-0.39, 0.29) is 0 Å². The molecular formula is C9H12ClN3. The Bertz CT molecular complexity index is 326. The molecule has 0 spiro atoms. The fourth-order valence-electron chi connectivity index (χ4n) is 1.80. The Kier molecular flexibility index (Phi) is 1.62. The van der Waals surface area contributed by atoms with Crippen molar-refractivity contribution in [3.63, 3.8) is 0 Å². The van der Waals surface area contributed by atoms with Gasteiger partial charge in [-0.3, -0.25) is 0 Å². The van der Waals surface area contributed by atoms with Crippen LogP contribution in [-0.2, 0) is 5.88 Å². The van der Waals surface area contributed by atoms with Crippen LogP contribution in [0.1, 0.15) is 49.0 Å². The highest BCUT2D eigenvalue weighted by atomic mass is 35.5. The van der Waals surface area contributed by atoms with Crippen LogP contribution in [0.25, 0.3) is 0 Å². The molecule has 2 aliphatic carbocycles. The van der Waals surface area contributed by atoms with Crippen LogP contribution in [0.2, 0.25) is 0 Å². The smallest absolute Gasteiger partial charge is 0.101 e. The first-order chi connectivity index (χ1) is 6.40. The van der Waals surface area contributed by atoms with E-state index < -0.39 is 0 Å². The first kappa shape index (κ1) is 7.80. The number of aromatic nitrogens is 3. The molecule has 0 N–H and O–H groups in total. The molecule has 2 saturated carbocycles. The second-order valence-corrected chi connectivity index (χ2v) is 4.27. The summed E-state index contributed by atoms with van der Waals surface area (Å²) in [5.74, 6) is 1.22. The van der Waals surface area contributed by atoms with Crippen LogP contribution in [0.3, 0.4) is 0 Å². The van der Waals surface area contributed by atoms with Gasteiger partial charge < -0.3 is 0 Å². The molecule has 0 bridgehead atoms. The molecule has 13 heavy (non-hydrogen) atoms. The van der Waals surface area contributed by atoms with Gasteiger partial charge in [0.25, 0.3) is 0 Å². The molecule has 70 valence electrons. The highest BCUT2D eigenvalue weighted by Gasteiger charge is 2.36. The first-order valence-electron chi connectivity index (χ1n) is 4.90. The van der Waals surface area contributed by atoms with E-state index >= 15 is 0 Å². The van der Waals surface area contributed by atoms with Crippen molar-refractivity contribution in [1.82, 2.24) is 15.0 Å². The molecule has 0 aliphatic heterocycles. The number of rotatable bonds is 3. The highest BCUT2D eigenvalue weighted by Crippen LogP contribution is 2.45. The van der Waals surface area contributed by atoms with Crippen LogP contribution in [-0.4, -0.2) is 15.0 Å². The minimum atomic E-state index is 0.512. The van der Waals surface area contributed by atoms with Crippen molar-refractivity contribution in [3.05, 3.63) is 11.4 Å². The van der Waals surface area contributed by atoms with Gasteiger partial charge in [0.1, 0.15) is 5.69 Å². The maximum absolute atomic E-state index is 5.83. The predicted octanol–water partition coefficient (Wildman–Crippen LogP) is 2.23. The summed E-state index contributed by atoms with van der Waals surface area (Å²) in [6.07, 6.45) is 5.13. The lowest BCUT2D eigenvalue weighted by Gasteiger charge is -2.03. The van der Waals surface area contributed by atoms with E-state index in [9.17, 15) is 0 Å². The van der Waals surface area contributed by atoms with Gasteiger partial charge in [-0.15, -0.1) is 16.7 Å². The zero-order valence-corrected chi connectivity index (χ0v) is 8.17. The zero-order chi connectivity index (χ0) is 8.84. The summed E-state index contributed by atoms with van der Waals surface area (Å²) in [6, 6.07) is 0.639. The van der Waals surface area contributed by atoms with Gasteiger partial charge in [-0.05, 0) is 25.7 Å². The lowest BCUT2D eigenvalue weighted by atomic mass is 10.2. The molecule has 1 aromatic heterocycles. The van der Waals surface area contributed by atoms with Gasteiger partial charge in [0.15, 0.2) is 0 Å². The second kappa shape index (κ2) is 2.71. The Labute approximate surface area is 82.1 Å². The molecule has 4 heteroatoms. The van der Waals surface area contributed by atoms with Gasteiger partial charge in [0, 0.05) is 5.92 Å². The molecular weight excluding hydrogens is 186 g/mol. The van der Waals surface area contributed by atoms with Crippen molar-refractivity contribution in [2.45, 2.75) is 43.5 Å². The van der Waals surface area contributed by atoms with Gasteiger partial charge >= 0.3 is 0 Å². The number of hydrogen-bond donors (Lipinski definition) is 0. The Hall–Kier alpha value is -0.570. The van der Waals surface area contributed by atoms with Crippen LogP contribution in [0.5, 0.6) is 0 Å². The standard InChI is InChI=1S/C9H12ClN3/c10-5-8-9(6-1-2-6)13(12-11-8)7-3-4-7/h6-7H,1-5H2. The largest absolute Gasteiger partial charge is 0.246 e. The first-order valence-corrected chi connectivity index (χ1v) is 5.43. The van der Waals surface area contributed by atoms with Crippen LogP contribution >= 0.6 is 11.6 Å². The van der Waals surface area contributed by atoms with E-state index in [0.29, 0.717) is 17.8 Å². The van der Waals surface area contributed by atoms with Crippen molar-refractivity contribution in [3.8, 4) is 0 Å². The summed E-state index contributed by atoms with van der Waals surface area (Å²) in [4.78, 5) is 0. The molecule has 3 rings (SSSR count). The minimum Gasteiger partial charge on any atom is -0.246 e. The fourth-order valence-corrected chi connectivity index (χ4v) is 1.99. The van der Waals surface area contributed by atoms with Crippen molar-refractivity contribution < 1.29 is 0 Å². The van der Waals surface area contributed by atoms with E-state index in [2.05, 4.69) is 15.0 Å². The maximum atomic E-state index is 5.83. The van der Waals surface area contributed by atoms with E-state index in [4.69, 9.17) is 11.6 Å². The molecule has 0 atom stereocenters. The monoisotopic (exact) mass is 197 g/mol. The molecule has 2 aliphatic rings. The summed E-state index contributed by atoms with van der Waals surface area (Å²) >= 11 is 5.83. The average Bonchev–Trinajstić information content (AvgIpc) is 3.03. The fraction of sp³-hybridized carbons (Fsp3) is 0.778. The molecule has 2 fully saturated rings. The normalized spacial score (nSPS) is 22.2. The highest BCUT2D eigenvalue weighted by molar-refractivity contribution is 6.16. The molecule has 0 saturated heterocycles. The Morgan fingerprint density at radius 3 is 2.62 bits per heavy atom. The second-order valence-electron chi connectivity index (χ2n) is 4.01. The minimum absolute atomic E-state index is 0.512. The van der Waals surface area contributed by atoms with Gasteiger partial charge in [-0.1, -0.05) is 5.21 Å². The van der Waals surface area contributed by atoms with Crippen LogP contribution in [0.4, 0.5) is 0 Å². The SMILES string of the molecule is ClCc1nnn(C2CC2)c1C1CC1. The van der Waals surface area contributed by atoms with Crippen molar-refractivity contribution >= 4 is 11.6 Å². The summed E-state index contributed by atoms with van der Waals surface area (Å²) in [6.45, 7) is 0. The predicted molar refractivity (Wildman–Crippen MR) is 49.8 cm³/mol. The third-order valence-electron chi connectivity index (χ3n) is 2.79. The molecule has 0 aromatic carbocycles. The number of hydrogen-bond acceptors (Lipinski definition) is 2. The van der Waals surface area contributed by atoms with Gasteiger partial charge in [-0.25, -0.2) is 4.68 Å². The van der Waals surface area contributed by atoms with Crippen molar-refractivity contribution in [2.75, 3.05) is 0 Å². The molecule has 0 unspecified atom stereocenters. The average molecular weight is 198 g/mol. The number of nitrogens with zero attached hydrogens (tertiary/aromatic N) is 3. The van der Waals surface area contributed by atoms with E-state index in [1.54, 1.807) is 0 Å². The molecule has 3 nitrogen and oxygen atoms in total. The number of alkyl halides is 1. The van der Waals surface area contributed by atoms with Crippen molar-refractivity contribution in [1.29, 1.82) is 0 Å².